The van der Waals surface area contributed by atoms with Gasteiger partial charge in [0, 0.05) is 25.0 Å². The first-order chi connectivity index (χ1) is 8.13. The number of anilines is 1. The van der Waals surface area contributed by atoms with Gasteiger partial charge in [-0.15, -0.1) is 0 Å². The van der Waals surface area contributed by atoms with Crippen LogP contribution >= 0.6 is 0 Å². The molecule has 4 N–H and O–H groups in total. The molecule has 17 heavy (non-hydrogen) atoms. The van der Waals surface area contributed by atoms with Crippen LogP contribution in [0, 0.1) is 0 Å². The minimum atomic E-state index is -0.307. The number of nitrogens with two attached hydrogens (primary N) is 1. The number of rotatable bonds is 3. The van der Waals surface area contributed by atoms with E-state index in [1.165, 1.54) is 6.20 Å². The molecule has 0 spiro atoms. The Bertz CT molecular complexity index is 652. The van der Waals surface area contributed by atoms with Crippen molar-refractivity contribution in [3.05, 3.63) is 28.3 Å². The van der Waals surface area contributed by atoms with Gasteiger partial charge in [-0.1, -0.05) is 0 Å². The molecule has 2 aromatic rings. The quantitative estimate of drug-likeness (QED) is 0.625. The third kappa shape index (κ3) is 1.89. The van der Waals surface area contributed by atoms with Crippen molar-refractivity contribution in [2.45, 2.75) is 0 Å². The summed E-state index contributed by atoms with van der Waals surface area (Å²) in [4.78, 5) is 28.3. The lowest BCUT2D eigenvalue weighted by atomic mass is 10.2. The lowest BCUT2D eigenvalue weighted by Gasteiger charge is -1.95. The van der Waals surface area contributed by atoms with Crippen LogP contribution in [0.15, 0.2) is 17.2 Å². The van der Waals surface area contributed by atoms with Crippen LogP contribution in [0.2, 0.25) is 0 Å². The summed E-state index contributed by atoms with van der Waals surface area (Å²) in [7, 11) is 1.76. The van der Waals surface area contributed by atoms with E-state index >= 15 is 0 Å². The highest BCUT2D eigenvalue weighted by Gasteiger charge is 2.10. The number of H-pyrrole nitrogens is 1. The number of fused-ring (bicyclic) bond motifs is 1. The average molecular weight is 233 g/mol. The molecule has 0 unspecified atom stereocenters. The summed E-state index contributed by atoms with van der Waals surface area (Å²) >= 11 is 0. The fourth-order valence-electron chi connectivity index (χ4n) is 1.63. The SMILES string of the molecule is Cn1cc(C=CNC=O)c2c(=O)[nH]c(N)nc21. The Hall–Kier alpha value is -2.57. The largest absolute Gasteiger partial charge is 0.369 e. The van der Waals surface area contributed by atoms with E-state index in [-0.39, 0.29) is 11.5 Å². The zero-order valence-electron chi connectivity index (χ0n) is 9.10. The number of aryl methyl sites for hydroxylation is 1. The molecule has 0 aliphatic heterocycles. The monoisotopic (exact) mass is 233 g/mol. The van der Waals surface area contributed by atoms with Gasteiger partial charge < -0.3 is 15.6 Å². The molecule has 0 aromatic carbocycles. The van der Waals surface area contributed by atoms with Crippen LogP contribution < -0.4 is 16.6 Å². The smallest absolute Gasteiger partial charge is 0.262 e. The van der Waals surface area contributed by atoms with Crippen molar-refractivity contribution in [3.63, 3.8) is 0 Å². The average Bonchev–Trinajstić information content (AvgIpc) is 2.56. The second-order valence-corrected chi connectivity index (χ2v) is 3.46. The molecule has 2 aromatic heterocycles. The molecule has 7 heteroatoms. The summed E-state index contributed by atoms with van der Waals surface area (Å²) in [6.45, 7) is 0. The first-order valence-electron chi connectivity index (χ1n) is 4.84. The molecule has 7 nitrogen and oxygen atoms in total. The number of nitrogen functional groups attached to an aromatic ring is 1. The molecule has 2 rings (SSSR count). The van der Waals surface area contributed by atoms with Gasteiger partial charge in [0.2, 0.25) is 12.4 Å². The van der Waals surface area contributed by atoms with Gasteiger partial charge in [0.1, 0.15) is 5.65 Å². The summed E-state index contributed by atoms with van der Waals surface area (Å²) in [5, 5.41) is 2.81. The highest BCUT2D eigenvalue weighted by atomic mass is 16.1. The van der Waals surface area contributed by atoms with Gasteiger partial charge in [-0.25, -0.2) is 0 Å². The van der Waals surface area contributed by atoms with E-state index in [0.717, 1.165) is 0 Å². The number of amides is 1. The topological polar surface area (TPSA) is 106 Å². The first kappa shape index (κ1) is 10.9. The number of carbonyl (C=O) groups excluding carboxylic acids is 1. The molecule has 88 valence electrons. The number of carbonyl (C=O) groups is 1. The predicted octanol–water partition coefficient (Wildman–Crippen LogP) is -0.440. The standard InChI is InChI=1S/C10H11N5O2/c1-15-4-6(2-3-12-5-16)7-8(15)13-10(11)14-9(7)17/h2-5H,1H3,(H,12,16)(H3,11,13,14,17). The van der Waals surface area contributed by atoms with Crippen LogP contribution in [0.3, 0.4) is 0 Å². The maximum absolute atomic E-state index is 11.8. The molecule has 0 saturated carbocycles. The molecule has 0 bridgehead atoms. The van der Waals surface area contributed by atoms with Crippen LogP contribution in [0.4, 0.5) is 5.95 Å². The van der Waals surface area contributed by atoms with Gasteiger partial charge in [-0.3, -0.25) is 14.6 Å². The molecule has 0 aliphatic carbocycles. The number of hydrogen-bond donors (Lipinski definition) is 3. The Balaban J connectivity index is 2.66. The molecular weight excluding hydrogens is 222 g/mol. The summed E-state index contributed by atoms with van der Waals surface area (Å²) in [6.07, 6.45) is 5.33. The summed E-state index contributed by atoms with van der Waals surface area (Å²) < 4.78 is 1.70. The maximum atomic E-state index is 11.8. The third-order valence-electron chi connectivity index (χ3n) is 2.30. The van der Waals surface area contributed by atoms with Crippen molar-refractivity contribution in [1.29, 1.82) is 0 Å². The van der Waals surface area contributed by atoms with Crippen LogP contribution in [0.25, 0.3) is 17.1 Å². The van der Waals surface area contributed by atoms with Gasteiger partial charge in [-0.2, -0.15) is 4.98 Å². The molecule has 2 heterocycles. The van der Waals surface area contributed by atoms with Gasteiger partial charge in [0.15, 0.2) is 0 Å². The Kier molecular flexibility index (Phi) is 2.65. The van der Waals surface area contributed by atoms with Crippen molar-refractivity contribution in [2.75, 3.05) is 5.73 Å². The molecule has 0 atom stereocenters. The lowest BCUT2D eigenvalue weighted by Crippen LogP contribution is -2.11. The summed E-state index contributed by atoms with van der Waals surface area (Å²) in [6, 6.07) is 0. The lowest BCUT2D eigenvalue weighted by molar-refractivity contribution is -0.108. The molecule has 0 fully saturated rings. The number of aromatic nitrogens is 3. The summed E-state index contributed by atoms with van der Waals surface area (Å²) in [5.74, 6) is 0.0743. The fraction of sp³-hybridized carbons (Fsp3) is 0.100. The Morgan fingerprint density at radius 3 is 3.06 bits per heavy atom. The van der Waals surface area contributed by atoms with Crippen molar-refractivity contribution in [1.82, 2.24) is 19.9 Å². The Morgan fingerprint density at radius 1 is 1.59 bits per heavy atom. The number of hydrogen-bond acceptors (Lipinski definition) is 4. The van der Waals surface area contributed by atoms with Crippen LogP contribution in [-0.4, -0.2) is 20.9 Å². The zero-order valence-corrected chi connectivity index (χ0v) is 9.10. The van der Waals surface area contributed by atoms with E-state index in [1.807, 2.05) is 0 Å². The van der Waals surface area contributed by atoms with E-state index in [9.17, 15) is 9.59 Å². The minimum absolute atomic E-state index is 0.0743. The highest BCUT2D eigenvalue weighted by molar-refractivity contribution is 5.86. The Labute approximate surface area is 96.0 Å². The normalized spacial score (nSPS) is 11.1. The van der Waals surface area contributed by atoms with Crippen molar-refractivity contribution < 1.29 is 4.79 Å². The van der Waals surface area contributed by atoms with Crippen molar-refractivity contribution in [3.8, 4) is 0 Å². The third-order valence-corrected chi connectivity index (χ3v) is 2.30. The zero-order chi connectivity index (χ0) is 12.4. The maximum Gasteiger partial charge on any atom is 0.262 e. The first-order valence-corrected chi connectivity index (χ1v) is 4.84. The van der Waals surface area contributed by atoms with Crippen molar-refractivity contribution >= 4 is 29.5 Å². The molecule has 0 saturated heterocycles. The van der Waals surface area contributed by atoms with Gasteiger partial charge in [-0.05, 0) is 6.08 Å². The van der Waals surface area contributed by atoms with Gasteiger partial charge in [0.05, 0.1) is 5.39 Å². The highest BCUT2D eigenvalue weighted by Crippen LogP contribution is 2.16. The number of aromatic amines is 1. The molecular formula is C10H11N5O2. The van der Waals surface area contributed by atoms with Crippen molar-refractivity contribution in [2.24, 2.45) is 7.05 Å². The predicted molar refractivity (Wildman–Crippen MR) is 64.0 cm³/mol. The fourth-order valence-corrected chi connectivity index (χ4v) is 1.63. The van der Waals surface area contributed by atoms with Crippen LogP contribution in [0.5, 0.6) is 0 Å². The van der Waals surface area contributed by atoms with E-state index in [2.05, 4.69) is 15.3 Å². The minimum Gasteiger partial charge on any atom is -0.369 e. The summed E-state index contributed by atoms with van der Waals surface area (Å²) in [5.41, 5.74) is 6.32. The molecule has 0 radical (unpaired) electrons. The van der Waals surface area contributed by atoms with E-state index in [4.69, 9.17) is 5.73 Å². The van der Waals surface area contributed by atoms with Gasteiger partial charge >= 0.3 is 0 Å². The second-order valence-electron chi connectivity index (χ2n) is 3.46. The van der Waals surface area contributed by atoms with Crippen LogP contribution in [0.1, 0.15) is 5.56 Å². The molecule has 1 amide bonds. The van der Waals surface area contributed by atoms with E-state index in [0.29, 0.717) is 23.0 Å². The second kappa shape index (κ2) is 4.12. The van der Waals surface area contributed by atoms with Crippen LogP contribution in [-0.2, 0) is 11.8 Å². The van der Waals surface area contributed by atoms with Gasteiger partial charge in [0.25, 0.3) is 5.56 Å². The van der Waals surface area contributed by atoms with E-state index in [1.54, 1.807) is 23.9 Å². The Morgan fingerprint density at radius 2 is 2.35 bits per heavy atom. The van der Waals surface area contributed by atoms with E-state index < -0.39 is 0 Å². The molecule has 0 aliphatic rings. The number of nitrogens with one attached hydrogen (secondary N) is 2. The number of nitrogens with zero attached hydrogens (tertiary/aromatic N) is 2.